The number of rotatable bonds is 9. The van der Waals surface area contributed by atoms with E-state index >= 15 is 0 Å². The van der Waals surface area contributed by atoms with Gasteiger partial charge in [-0.05, 0) is 29.7 Å². The molecule has 0 aliphatic rings. The summed E-state index contributed by atoms with van der Waals surface area (Å²) in [6.07, 6.45) is 1.02. The maximum absolute atomic E-state index is 12.2. The topological polar surface area (TPSA) is 58.2 Å². The zero-order valence-corrected chi connectivity index (χ0v) is 17.4. The van der Waals surface area contributed by atoms with Crippen molar-refractivity contribution in [2.24, 2.45) is 0 Å². The molecule has 154 valence electrons. The lowest BCUT2D eigenvalue weighted by atomic mass is 9.88. The molecule has 5 heteroatoms. The standard InChI is InChI=1S/C25H25ClN2O2/c26-23-14-8-7-13-22(23)25(30)28-18-16-24(29)27-17-15-21(19-9-3-1-4-10-19)20-11-5-2-6-12-20/h1-14,21H,15-18H2,(H,27,29)(H,28,30). The Morgan fingerprint density at radius 1 is 0.733 bits per heavy atom. The van der Waals surface area contributed by atoms with Crippen LogP contribution in [0.5, 0.6) is 0 Å². The molecule has 0 aliphatic heterocycles. The van der Waals surface area contributed by atoms with E-state index in [1.54, 1.807) is 24.3 Å². The molecule has 0 fully saturated rings. The Bertz CT molecular complexity index is 922. The number of halogens is 1. The highest BCUT2D eigenvalue weighted by Crippen LogP contribution is 2.27. The van der Waals surface area contributed by atoms with Crippen LogP contribution in [0.1, 0.15) is 40.2 Å². The molecule has 0 aromatic heterocycles. The van der Waals surface area contributed by atoms with Gasteiger partial charge in [0.05, 0.1) is 10.6 Å². The van der Waals surface area contributed by atoms with Gasteiger partial charge in [0.15, 0.2) is 0 Å². The van der Waals surface area contributed by atoms with E-state index in [1.165, 1.54) is 11.1 Å². The van der Waals surface area contributed by atoms with Crippen molar-refractivity contribution in [3.63, 3.8) is 0 Å². The Morgan fingerprint density at radius 2 is 1.30 bits per heavy atom. The molecule has 0 bridgehead atoms. The molecule has 4 nitrogen and oxygen atoms in total. The number of carbonyl (C=O) groups is 2. The molecule has 3 rings (SSSR count). The van der Waals surface area contributed by atoms with Crippen LogP contribution in [0.2, 0.25) is 5.02 Å². The molecule has 30 heavy (non-hydrogen) atoms. The van der Waals surface area contributed by atoms with Crippen molar-refractivity contribution in [3.05, 3.63) is 107 Å². The maximum atomic E-state index is 12.2. The normalized spacial score (nSPS) is 10.6. The maximum Gasteiger partial charge on any atom is 0.252 e. The van der Waals surface area contributed by atoms with E-state index in [4.69, 9.17) is 11.6 Å². The average molecular weight is 421 g/mol. The van der Waals surface area contributed by atoms with Gasteiger partial charge in [-0.25, -0.2) is 0 Å². The second-order valence-electron chi connectivity index (χ2n) is 7.00. The van der Waals surface area contributed by atoms with Crippen molar-refractivity contribution in [3.8, 4) is 0 Å². The fraction of sp³-hybridized carbons (Fsp3) is 0.200. The first-order valence-electron chi connectivity index (χ1n) is 10.0. The van der Waals surface area contributed by atoms with E-state index in [0.29, 0.717) is 17.1 Å². The van der Waals surface area contributed by atoms with Crippen molar-refractivity contribution in [2.45, 2.75) is 18.8 Å². The van der Waals surface area contributed by atoms with Gasteiger partial charge in [-0.2, -0.15) is 0 Å². The lowest BCUT2D eigenvalue weighted by Gasteiger charge is -2.18. The summed E-state index contributed by atoms with van der Waals surface area (Å²) < 4.78 is 0. The molecule has 0 heterocycles. The van der Waals surface area contributed by atoms with Crippen LogP contribution in [0, 0.1) is 0 Å². The number of nitrogens with one attached hydrogen (secondary N) is 2. The van der Waals surface area contributed by atoms with Gasteiger partial charge in [0.25, 0.3) is 5.91 Å². The molecule has 2 N–H and O–H groups in total. The summed E-state index contributed by atoms with van der Waals surface area (Å²) in [5.74, 6) is -0.149. The van der Waals surface area contributed by atoms with E-state index in [0.717, 1.165) is 6.42 Å². The van der Waals surface area contributed by atoms with Crippen LogP contribution in [0.3, 0.4) is 0 Å². The van der Waals surface area contributed by atoms with Gasteiger partial charge in [0.2, 0.25) is 5.91 Å². The van der Waals surface area contributed by atoms with Crippen LogP contribution in [0.15, 0.2) is 84.9 Å². The van der Waals surface area contributed by atoms with Crippen molar-refractivity contribution in [1.29, 1.82) is 0 Å². The van der Waals surface area contributed by atoms with Gasteiger partial charge in [-0.15, -0.1) is 0 Å². The van der Waals surface area contributed by atoms with Crippen LogP contribution in [0.25, 0.3) is 0 Å². The number of hydrogen-bond donors (Lipinski definition) is 2. The quantitative estimate of drug-likeness (QED) is 0.522. The first kappa shape index (κ1) is 21.6. The molecule has 3 aromatic carbocycles. The molecular formula is C25H25ClN2O2. The van der Waals surface area contributed by atoms with Crippen LogP contribution >= 0.6 is 11.6 Å². The summed E-state index contributed by atoms with van der Waals surface area (Å²) in [7, 11) is 0. The molecule has 3 aromatic rings. The summed E-state index contributed by atoms with van der Waals surface area (Å²) in [6, 6.07) is 27.4. The van der Waals surface area contributed by atoms with E-state index in [9.17, 15) is 9.59 Å². The highest BCUT2D eigenvalue weighted by molar-refractivity contribution is 6.33. The minimum atomic E-state index is -0.276. The smallest absolute Gasteiger partial charge is 0.252 e. The minimum Gasteiger partial charge on any atom is -0.356 e. The van der Waals surface area contributed by atoms with Crippen LogP contribution in [0.4, 0.5) is 0 Å². The van der Waals surface area contributed by atoms with E-state index in [-0.39, 0.29) is 30.7 Å². The second-order valence-corrected chi connectivity index (χ2v) is 7.41. The summed E-state index contributed by atoms with van der Waals surface area (Å²) in [5.41, 5.74) is 2.86. The van der Waals surface area contributed by atoms with E-state index in [2.05, 4.69) is 34.9 Å². The molecular weight excluding hydrogens is 396 g/mol. The summed E-state index contributed by atoms with van der Waals surface area (Å²) in [4.78, 5) is 24.3. The number of benzene rings is 3. The molecule has 0 spiro atoms. The summed E-state index contributed by atoms with van der Waals surface area (Å²) in [5, 5.41) is 6.09. The third kappa shape index (κ3) is 6.19. The average Bonchev–Trinajstić information content (AvgIpc) is 2.78. The Labute approximate surface area is 182 Å². The first-order chi connectivity index (χ1) is 14.6. The zero-order chi connectivity index (χ0) is 21.2. The van der Waals surface area contributed by atoms with Crippen LogP contribution in [-0.2, 0) is 4.79 Å². The molecule has 0 saturated heterocycles. The molecule has 0 aliphatic carbocycles. The molecule has 2 amide bonds. The fourth-order valence-corrected chi connectivity index (χ4v) is 3.59. The Morgan fingerprint density at radius 3 is 1.90 bits per heavy atom. The van der Waals surface area contributed by atoms with Crippen molar-refractivity contribution >= 4 is 23.4 Å². The fourth-order valence-electron chi connectivity index (χ4n) is 3.37. The van der Waals surface area contributed by atoms with Crippen LogP contribution < -0.4 is 10.6 Å². The van der Waals surface area contributed by atoms with E-state index in [1.807, 2.05) is 36.4 Å². The predicted octanol–water partition coefficient (Wildman–Crippen LogP) is 4.80. The van der Waals surface area contributed by atoms with Gasteiger partial charge in [0.1, 0.15) is 0 Å². The molecule has 0 saturated carbocycles. The van der Waals surface area contributed by atoms with Gasteiger partial charge in [-0.3, -0.25) is 9.59 Å². The molecule has 0 unspecified atom stereocenters. The Kier molecular flexibility index (Phi) is 8.04. The summed E-state index contributed by atoms with van der Waals surface area (Å²) >= 11 is 6.02. The van der Waals surface area contributed by atoms with Crippen LogP contribution in [-0.4, -0.2) is 24.9 Å². The first-order valence-corrected chi connectivity index (χ1v) is 10.4. The zero-order valence-electron chi connectivity index (χ0n) is 16.7. The highest BCUT2D eigenvalue weighted by Gasteiger charge is 2.14. The monoisotopic (exact) mass is 420 g/mol. The van der Waals surface area contributed by atoms with E-state index < -0.39 is 0 Å². The van der Waals surface area contributed by atoms with Crippen molar-refractivity contribution < 1.29 is 9.59 Å². The predicted molar refractivity (Wildman–Crippen MR) is 121 cm³/mol. The Balaban J connectivity index is 1.46. The lowest BCUT2D eigenvalue weighted by molar-refractivity contribution is -0.120. The van der Waals surface area contributed by atoms with Gasteiger partial charge in [0, 0.05) is 25.4 Å². The highest BCUT2D eigenvalue weighted by atomic mass is 35.5. The molecule has 0 atom stereocenters. The van der Waals surface area contributed by atoms with Crippen molar-refractivity contribution in [2.75, 3.05) is 13.1 Å². The third-order valence-corrected chi connectivity index (χ3v) is 5.24. The second kappa shape index (κ2) is 11.2. The largest absolute Gasteiger partial charge is 0.356 e. The Hall–Kier alpha value is -3.11. The van der Waals surface area contributed by atoms with Gasteiger partial charge in [-0.1, -0.05) is 84.4 Å². The summed E-state index contributed by atoms with van der Waals surface area (Å²) in [6.45, 7) is 0.822. The number of amides is 2. The SMILES string of the molecule is O=C(CCNC(=O)c1ccccc1Cl)NCCC(c1ccccc1)c1ccccc1. The lowest BCUT2D eigenvalue weighted by Crippen LogP contribution is -2.31. The molecule has 0 radical (unpaired) electrons. The number of hydrogen-bond acceptors (Lipinski definition) is 2. The minimum absolute atomic E-state index is 0.0886. The van der Waals surface area contributed by atoms with Gasteiger partial charge >= 0.3 is 0 Å². The van der Waals surface area contributed by atoms with Gasteiger partial charge < -0.3 is 10.6 Å². The third-order valence-electron chi connectivity index (χ3n) is 4.92. The number of carbonyl (C=O) groups excluding carboxylic acids is 2. The van der Waals surface area contributed by atoms with Crippen molar-refractivity contribution in [1.82, 2.24) is 10.6 Å².